The molecule has 88 valence electrons. The van der Waals surface area contributed by atoms with Gasteiger partial charge in [0.05, 0.1) is 6.10 Å². The van der Waals surface area contributed by atoms with Gasteiger partial charge in [0.1, 0.15) is 0 Å². The summed E-state index contributed by atoms with van der Waals surface area (Å²) in [6.07, 6.45) is 11.6. The molecule has 1 aliphatic heterocycles. The highest BCUT2D eigenvalue weighted by molar-refractivity contribution is 4.88. The number of piperidine rings is 1. The first-order valence-electron chi connectivity index (χ1n) is 6.68. The van der Waals surface area contributed by atoms with Crippen LogP contribution in [-0.4, -0.2) is 25.8 Å². The van der Waals surface area contributed by atoms with Crippen molar-refractivity contribution in [2.45, 2.75) is 63.5 Å². The van der Waals surface area contributed by atoms with Crippen LogP contribution >= 0.6 is 0 Å². The normalized spacial score (nSPS) is 35.0. The zero-order valence-electron chi connectivity index (χ0n) is 10.0. The summed E-state index contributed by atoms with van der Waals surface area (Å²) in [5, 5.41) is 3.69. The van der Waals surface area contributed by atoms with Gasteiger partial charge in [-0.1, -0.05) is 25.7 Å². The van der Waals surface area contributed by atoms with Crippen LogP contribution < -0.4 is 5.32 Å². The molecule has 2 nitrogen and oxygen atoms in total. The van der Waals surface area contributed by atoms with E-state index in [4.69, 9.17) is 4.74 Å². The second-order valence-corrected chi connectivity index (χ2v) is 5.15. The molecule has 15 heavy (non-hydrogen) atoms. The monoisotopic (exact) mass is 211 g/mol. The highest BCUT2D eigenvalue weighted by atomic mass is 16.5. The zero-order chi connectivity index (χ0) is 10.5. The number of hydrogen-bond donors (Lipinski definition) is 1. The summed E-state index contributed by atoms with van der Waals surface area (Å²) in [5.74, 6) is 0.873. The maximum atomic E-state index is 5.64. The molecule has 1 N–H and O–H groups in total. The van der Waals surface area contributed by atoms with Crippen LogP contribution in [-0.2, 0) is 4.74 Å². The predicted octanol–water partition coefficient (Wildman–Crippen LogP) is 2.72. The van der Waals surface area contributed by atoms with E-state index in [-0.39, 0.29) is 0 Å². The molecule has 2 aliphatic rings. The molecular weight excluding hydrogens is 186 g/mol. The quantitative estimate of drug-likeness (QED) is 0.709. The summed E-state index contributed by atoms with van der Waals surface area (Å²) in [4.78, 5) is 0. The van der Waals surface area contributed by atoms with Crippen LogP contribution in [0.3, 0.4) is 0 Å². The fourth-order valence-corrected chi connectivity index (χ4v) is 3.29. The topological polar surface area (TPSA) is 21.3 Å². The Morgan fingerprint density at radius 2 is 1.67 bits per heavy atom. The number of methoxy groups -OCH3 is 1. The maximum absolute atomic E-state index is 5.64. The lowest BCUT2D eigenvalue weighted by Gasteiger charge is -2.37. The Balaban J connectivity index is 1.92. The van der Waals surface area contributed by atoms with Crippen LogP contribution in [0.15, 0.2) is 0 Å². The van der Waals surface area contributed by atoms with Gasteiger partial charge in [0.25, 0.3) is 0 Å². The summed E-state index contributed by atoms with van der Waals surface area (Å²) in [6.45, 7) is 1.20. The lowest BCUT2D eigenvalue weighted by molar-refractivity contribution is 0.0220. The maximum Gasteiger partial charge on any atom is 0.0727 e. The molecule has 2 fully saturated rings. The molecule has 2 atom stereocenters. The molecule has 0 bridgehead atoms. The minimum absolute atomic E-state index is 0.474. The van der Waals surface area contributed by atoms with E-state index in [1.54, 1.807) is 0 Å². The molecule has 1 heterocycles. The Kier molecular flexibility index (Phi) is 4.45. The van der Waals surface area contributed by atoms with Crippen molar-refractivity contribution in [3.8, 4) is 0 Å². The third-order valence-electron chi connectivity index (χ3n) is 4.16. The Morgan fingerprint density at radius 1 is 0.933 bits per heavy atom. The molecule has 1 saturated heterocycles. The van der Waals surface area contributed by atoms with Gasteiger partial charge < -0.3 is 10.1 Å². The number of rotatable bonds is 2. The number of hydrogen-bond acceptors (Lipinski definition) is 2. The van der Waals surface area contributed by atoms with Gasteiger partial charge in [-0.25, -0.2) is 0 Å². The van der Waals surface area contributed by atoms with E-state index in [1.807, 2.05) is 7.11 Å². The largest absolute Gasteiger partial charge is 0.380 e. The van der Waals surface area contributed by atoms with Crippen molar-refractivity contribution in [1.29, 1.82) is 0 Å². The van der Waals surface area contributed by atoms with E-state index in [0.717, 1.165) is 5.92 Å². The fourth-order valence-electron chi connectivity index (χ4n) is 3.29. The van der Waals surface area contributed by atoms with Gasteiger partial charge in [-0.2, -0.15) is 0 Å². The SMILES string of the molecule is COC1CCCNC1C1CCCCCC1. The molecule has 2 unspecified atom stereocenters. The van der Waals surface area contributed by atoms with Crippen molar-refractivity contribution in [3.05, 3.63) is 0 Å². The molecule has 0 aromatic carbocycles. The first kappa shape index (κ1) is 11.4. The van der Waals surface area contributed by atoms with E-state index in [2.05, 4.69) is 5.32 Å². The van der Waals surface area contributed by atoms with Gasteiger partial charge in [-0.3, -0.25) is 0 Å². The van der Waals surface area contributed by atoms with Crippen LogP contribution in [0.25, 0.3) is 0 Å². The Morgan fingerprint density at radius 3 is 2.33 bits per heavy atom. The van der Waals surface area contributed by atoms with Crippen LogP contribution in [0.5, 0.6) is 0 Å². The first-order valence-corrected chi connectivity index (χ1v) is 6.68. The standard InChI is InChI=1S/C13H25NO/c1-15-12-9-6-10-14-13(12)11-7-4-2-3-5-8-11/h11-14H,2-10H2,1H3. The molecule has 1 aliphatic carbocycles. The van der Waals surface area contributed by atoms with Gasteiger partial charge >= 0.3 is 0 Å². The highest BCUT2D eigenvalue weighted by Crippen LogP contribution is 2.30. The lowest BCUT2D eigenvalue weighted by Crippen LogP contribution is -2.50. The van der Waals surface area contributed by atoms with Crippen LogP contribution in [0, 0.1) is 5.92 Å². The second kappa shape index (κ2) is 5.86. The Bertz CT molecular complexity index is 175. The van der Waals surface area contributed by atoms with Crippen molar-refractivity contribution >= 4 is 0 Å². The highest BCUT2D eigenvalue weighted by Gasteiger charge is 2.31. The third kappa shape index (κ3) is 2.94. The van der Waals surface area contributed by atoms with Gasteiger partial charge in [-0.15, -0.1) is 0 Å². The van der Waals surface area contributed by atoms with E-state index in [1.165, 1.54) is 57.9 Å². The minimum Gasteiger partial charge on any atom is -0.380 e. The average Bonchev–Trinajstić information content (AvgIpc) is 2.57. The van der Waals surface area contributed by atoms with Crippen LogP contribution in [0.4, 0.5) is 0 Å². The van der Waals surface area contributed by atoms with E-state index in [0.29, 0.717) is 12.1 Å². The van der Waals surface area contributed by atoms with Gasteiger partial charge in [0.2, 0.25) is 0 Å². The minimum atomic E-state index is 0.474. The van der Waals surface area contributed by atoms with Crippen molar-refractivity contribution < 1.29 is 4.74 Å². The fraction of sp³-hybridized carbons (Fsp3) is 1.00. The summed E-state index contributed by atoms with van der Waals surface area (Å²) in [5.41, 5.74) is 0. The molecule has 2 rings (SSSR count). The molecule has 0 radical (unpaired) electrons. The van der Waals surface area contributed by atoms with Crippen LogP contribution in [0.1, 0.15) is 51.4 Å². The van der Waals surface area contributed by atoms with Crippen molar-refractivity contribution in [3.63, 3.8) is 0 Å². The van der Waals surface area contributed by atoms with Gasteiger partial charge in [0, 0.05) is 13.2 Å². The summed E-state index contributed by atoms with van der Waals surface area (Å²) < 4.78 is 5.64. The summed E-state index contributed by atoms with van der Waals surface area (Å²) >= 11 is 0. The van der Waals surface area contributed by atoms with E-state index < -0.39 is 0 Å². The Hall–Kier alpha value is -0.0800. The van der Waals surface area contributed by atoms with Crippen molar-refractivity contribution in [1.82, 2.24) is 5.32 Å². The van der Waals surface area contributed by atoms with Crippen molar-refractivity contribution in [2.24, 2.45) is 5.92 Å². The molecule has 0 amide bonds. The van der Waals surface area contributed by atoms with E-state index in [9.17, 15) is 0 Å². The predicted molar refractivity (Wildman–Crippen MR) is 63.0 cm³/mol. The Labute approximate surface area is 93.8 Å². The lowest BCUT2D eigenvalue weighted by atomic mass is 9.85. The van der Waals surface area contributed by atoms with Gasteiger partial charge in [0.15, 0.2) is 0 Å². The third-order valence-corrected chi connectivity index (χ3v) is 4.16. The van der Waals surface area contributed by atoms with Gasteiger partial charge in [-0.05, 0) is 38.1 Å². The zero-order valence-corrected chi connectivity index (χ0v) is 10.0. The summed E-state index contributed by atoms with van der Waals surface area (Å²) in [7, 11) is 1.88. The number of ether oxygens (including phenoxy) is 1. The number of nitrogens with one attached hydrogen (secondary N) is 1. The molecular formula is C13H25NO. The van der Waals surface area contributed by atoms with Crippen molar-refractivity contribution in [2.75, 3.05) is 13.7 Å². The molecule has 2 heteroatoms. The molecule has 0 aromatic heterocycles. The second-order valence-electron chi connectivity index (χ2n) is 5.15. The summed E-state index contributed by atoms with van der Waals surface area (Å²) in [6, 6.07) is 0.641. The molecule has 1 saturated carbocycles. The van der Waals surface area contributed by atoms with E-state index >= 15 is 0 Å². The molecule has 0 aromatic rings. The van der Waals surface area contributed by atoms with Crippen LogP contribution in [0.2, 0.25) is 0 Å². The molecule has 0 spiro atoms. The first-order chi connectivity index (χ1) is 7.42. The average molecular weight is 211 g/mol. The smallest absolute Gasteiger partial charge is 0.0727 e.